The largest absolute Gasteiger partial charge is 0.349 e. The van der Waals surface area contributed by atoms with E-state index in [2.05, 4.69) is 21.4 Å². The van der Waals surface area contributed by atoms with Crippen LogP contribution in [0.3, 0.4) is 0 Å². The predicted molar refractivity (Wildman–Crippen MR) is 137 cm³/mol. The topological polar surface area (TPSA) is 106 Å². The Balaban J connectivity index is 1.33. The molecule has 0 spiro atoms. The molecule has 3 aromatic heterocycles. The third-order valence-electron chi connectivity index (χ3n) is 6.89. The molecule has 0 bridgehead atoms. The van der Waals surface area contributed by atoms with Crippen molar-refractivity contribution < 1.29 is 4.79 Å². The quantitative estimate of drug-likeness (QED) is 0.437. The van der Waals surface area contributed by atoms with Gasteiger partial charge in [-0.1, -0.05) is 23.7 Å². The zero-order valence-electron chi connectivity index (χ0n) is 19.8. The summed E-state index contributed by atoms with van der Waals surface area (Å²) >= 11 is 6.02. The van der Waals surface area contributed by atoms with Crippen LogP contribution in [0.15, 0.2) is 59.7 Å². The summed E-state index contributed by atoms with van der Waals surface area (Å²) in [4.78, 5) is 34.6. The minimum absolute atomic E-state index is 0.0683. The van der Waals surface area contributed by atoms with E-state index in [0.29, 0.717) is 34.4 Å². The minimum atomic E-state index is -0.181. The van der Waals surface area contributed by atoms with Gasteiger partial charge >= 0.3 is 5.69 Å². The van der Waals surface area contributed by atoms with Crippen LogP contribution in [0.5, 0.6) is 0 Å². The first-order valence-corrected chi connectivity index (χ1v) is 12.3. The first kappa shape index (κ1) is 23.8. The lowest BCUT2D eigenvalue weighted by Gasteiger charge is -2.29. The molecule has 1 saturated carbocycles. The number of nitrogens with zero attached hydrogens (tertiary/aromatic N) is 5. The fourth-order valence-electron chi connectivity index (χ4n) is 5.03. The van der Waals surface area contributed by atoms with Gasteiger partial charge in [-0.3, -0.25) is 18.9 Å². The number of amides is 1. The number of rotatable bonds is 5. The van der Waals surface area contributed by atoms with Crippen LogP contribution in [0.25, 0.3) is 16.7 Å². The van der Waals surface area contributed by atoms with Crippen molar-refractivity contribution in [2.45, 2.75) is 45.2 Å². The van der Waals surface area contributed by atoms with Crippen molar-refractivity contribution in [3.05, 3.63) is 87.3 Å². The van der Waals surface area contributed by atoms with Gasteiger partial charge in [-0.15, -0.1) is 0 Å². The molecule has 1 aliphatic rings. The number of halogens is 1. The predicted octanol–water partition coefficient (Wildman–Crippen LogP) is 4.40. The Labute approximate surface area is 213 Å². The van der Waals surface area contributed by atoms with Crippen LogP contribution < -0.4 is 11.0 Å². The Bertz CT molecular complexity index is 1540. The standard InChI is InChI=1S/C27H25ClN6O2/c1-17-21(13-19(28)15-31-17)26(35)32-20-10-8-18(9-11-20)16-33-24-5-2-3-6-25(24)34(27(33)36)23-7-4-12-30-22(23)14-29/h2-7,12-13,15,18,20H,8-11,16H2,1H3,(H,32,35)/t18-,20-. The van der Waals surface area contributed by atoms with Gasteiger partial charge in [0.25, 0.3) is 5.91 Å². The minimum Gasteiger partial charge on any atom is -0.349 e. The fourth-order valence-corrected chi connectivity index (χ4v) is 5.19. The maximum absolute atomic E-state index is 13.6. The number of imidazole rings is 1. The molecule has 1 amide bonds. The zero-order valence-corrected chi connectivity index (χ0v) is 20.6. The van der Waals surface area contributed by atoms with Gasteiger partial charge in [-0.05, 0) is 68.9 Å². The number of nitrogens with one attached hydrogen (secondary N) is 1. The van der Waals surface area contributed by atoms with E-state index in [9.17, 15) is 14.9 Å². The Morgan fingerprint density at radius 3 is 2.64 bits per heavy atom. The molecule has 5 rings (SSSR count). The molecule has 1 aromatic carbocycles. The van der Waals surface area contributed by atoms with E-state index in [-0.39, 0.29) is 23.3 Å². The molecule has 1 fully saturated rings. The van der Waals surface area contributed by atoms with Crippen molar-refractivity contribution in [1.29, 1.82) is 5.26 Å². The van der Waals surface area contributed by atoms with E-state index in [1.54, 1.807) is 40.5 Å². The van der Waals surface area contributed by atoms with Gasteiger partial charge in [-0.2, -0.15) is 5.26 Å². The van der Waals surface area contributed by atoms with Crippen molar-refractivity contribution in [3.8, 4) is 11.8 Å². The van der Waals surface area contributed by atoms with E-state index >= 15 is 0 Å². The monoisotopic (exact) mass is 500 g/mol. The number of carbonyl (C=O) groups is 1. The smallest absolute Gasteiger partial charge is 0.333 e. The lowest BCUT2D eigenvalue weighted by atomic mass is 9.85. The van der Waals surface area contributed by atoms with Gasteiger partial charge < -0.3 is 5.32 Å². The van der Waals surface area contributed by atoms with Crippen LogP contribution in [0.2, 0.25) is 5.02 Å². The van der Waals surface area contributed by atoms with E-state index in [4.69, 9.17) is 11.6 Å². The van der Waals surface area contributed by atoms with Gasteiger partial charge in [-0.25, -0.2) is 9.78 Å². The van der Waals surface area contributed by atoms with E-state index < -0.39 is 0 Å². The van der Waals surface area contributed by atoms with Gasteiger partial charge in [0.2, 0.25) is 0 Å². The molecule has 0 saturated heterocycles. The molecule has 0 atom stereocenters. The van der Waals surface area contributed by atoms with Crippen LogP contribution >= 0.6 is 11.6 Å². The summed E-state index contributed by atoms with van der Waals surface area (Å²) in [6.07, 6.45) is 6.52. The average molecular weight is 501 g/mol. The molecule has 4 aromatic rings. The SMILES string of the molecule is Cc1ncc(Cl)cc1C(=O)N[C@H]1CC[C@H](Cn2c(=O)n(-c3cccnc3C#N)c3ccccc32)CC1. The van der Waals surface area contributed by atoms with Crippen molar-refractivity contribution in [2.75, 3.05) is 0 Å². The van der Waals surface area contributed by atoms with E-state index in [1.165, 1.54) is 6.20 Å². The number of benzene rings is 1. The Kier molecular flexibility index (Phi) is 6.57. The number of nitriles is 1. The molecule has 0 unspecified atom stereocenters. The molecule has 3 heterocycles. The number of pyridine rings is 2. The molecule has 8 nitrogen and oxygen atoms in total. The number of aryl methyl sites for hydroxylation is 1. The van der Waals surface area contributed by atoms with Crippen LogP contribution in [-0.4, -0.2) is 31.1 Å². The number of hydrogen-bond donors (Lipinski definition) is 1. The molecule has 182 valence electrons. The Morgan fingerprint density at radius 2 is 1.89 bits per heavy atom. The molecular formula is C27H25ClN6O2. The number of para-hydroxylation sites is 2. The highest BCUT2D eigenvalue weighted by molar-refractivity contribution is 6.30. The maximum Gasteiger partial charge on any atom is 0.333 e. The first-order valence-electron chi connectivity index (χ1n) is 11.9. The molecule has 1 N–H and O–H groups in total. The molecule has 0 aliphatic heterocycles. The highest BCUT2D eigenvalue weighted by Gasteiger charge is 2.26. The summed E-state index contributed by atoms with van der Waals surface area (Å²) in [6.45, 7) is 2.37. The van der Waals surface area contributed by atoms with E-state index in [0.717, 1.165) is 36.7 Å². The summed E-state index contributed by atoms with van der Waals surface area (Å²) in [5, 5.41) is 13.1. The van der Waals surface area contributed by atoms with Crippen molar-refractivity contribution in [2.24, 2.45) is 5.92 Å². The summed E-state index contributed by atoms with van der Waals surface area (Å²) in [6, 6.07) is 14.9. The number of hydrogen-bond acceptors (Lipinski definition) is 5. The van der Waals surface area contributed by atoms with E-state index in [1.807, 2.05) is 24.3 Å². The average Bonchev–Trinajstić information content (AvgIpc) is 3.17. The molecular weight excluding hydrogens is 476 g/mol. The molecule has 9 heteroatoms. The number of fused-ring (bicyclic) bond motifs is 1. The summed E-state index contributed by atoms with van der Waals surface area (Å²) < 4.78 is 3.38. The highest BCUT2D eigenvalue weighted by atomic mass is 35.5. The summed E-state index contributed by atoms with van der Waals surface area (Å²) in [7, 11) is 0. The number of carbonyl (C=O) groups excluding carboxylic acids is 1. The molecule has 36 heavy (non-hydrogen) atoms. The summed E-state index contributed by atoms with van der Waals surface area (Å²) in [5.41, 5.74) is 3.24. The second kappa shape index (κ2) is 9.96. The number of aromatic nitrogens is 4. The highest BCUT2D eigenvalue weighted by Crippen LogP contribution is 2.28. The maximum atomic E-state index is 13.6. The van der Waals surface area contributed by atoms with Gasteiger partial charge in [0.15, 0.2) is 5.69 Å². The second-order valence-corrected chi connectivity index (χ2v) is 9.61. The third-order valence-corrected chi connectivity index (χ3v) is 7.10. The lowest BCUT2D eigenvalue weighted by molar-refractivity contribution is 0.0919. The first-order chi connectivity index (χ1) is 17.5. The Hall–Kier alpha value is -3.96. The zero-order chi connectivity index (χ0) is 25.2. The molecule has 0 radical (unpaired) electrons. The van der Waals surface area contributed by atoms with Crippen molar-refractivity contribution in [1.82, 2.24) is 24.4 Å². The fraction of sp³-hybridized carbons (Fsp3) is 0.296. The van der Waals surface area contributed by atoms with Gasteiger partial charge in [0.1, 0.15) is 6.07 Å². The third kappa shape index (κ3) is 4.50. The second-order valence-electron chi connectivity index (χ2n) is 9.18. The van der Waals surface area contributed by atoms with Crippen molar-refractivity contribution >= 4 is 28.5 Å². The lowest BCUT2D eigenvalue weighted by Crippen LogP contribution is -2.39. The Morgan fingerprint density at radius 1 is 1.14 bits per heavy atom. The summed E-state index contributed by atoms with van der Waals surface area (Å²) in [5.74, 6) is 0.143. The van der Waals surface area contributed by atoms with Crippen LogP contribution in [0.4, 0.5) is 0 Å². The molecule has 1 aliphatic carbocycles. The van der Waals surface area contributed by atoms with Crippen molar-refractivity contribution in [3.63, 3.8) is 0 Å². The van der Waals surface area contributed by atoms with Crippen LogP contribution in [-0.2, 0) is 6.54 Å². The van der Waals surface area contributed by atoms with Crippen LogP contribution in [0, 0.1) is 24.2 Å². The van der Waals surface area contributed by atoms with Crippen LogP contribution in [0.1, 0.15) is 47.4 Å². The van der Waals surface area contributed by atoms with Gasteiger partial charge in [0.05, 0.1) is 33.0 Å². The normalized spacial score (nSPS) is 17.6. The van der Waals surface area contributed by atoms with Gasteiger partial charge in [0, 0.05) is 25.0 Å².